The first kappa shape index (κ1) is 17.9. The number of hydrogen-bond donors (Lipinski definition) is 0. The van der Waals surface area contributed by atoms with Gasteiger partial charge in [-0.2, -0.15) is 5.10 Å². The zero-order valence-electron chi connectivity index (χ0n) is 15.1. The van der Waals surface area contributed by atoms with E-state index in [0.717, 1.165) is 5.56 Å². The van der Waals surface area contributed by atoms with Gasteiger partial charge in [-0.25, -0.2) is 13.9 Å². The normalized spacial score (nSPS) is 10.9. The molecule has 0 bridgehead atoms. The molecule has 0 saturated carbocycles. The lowest BCUT2D eigenvalue weighted by atomic mass is 10.0. The van der Waals surface area contributed by atoms with Gasteiger partial charge in [0.15, 0.2) is 11.4 Å². The van der Waals surface area contributed by atoms with Gasteiger partial charge in [0, 0.05) is 23.7 Å². The van der Waals surface area contributed by atoms with Gasteiger partial charge in [0.05, 0.1) is 0 Å². The van der Waals surface area contributed by atoms with Gasteiger partial charge in [-0.05, 0) is 42.3 Å². The van der Waals surface area contributed by atoms with Gasteiger partial charge in [0.1, 0.15) is 24.5 Å². The van der Waals surface area contributed by atoms with E-state index >= 15 is 0 Å². The van der Waals surface area contributed by atoms with Crippen LogP contribution >= 0.6 is 0 Å². The standard InChI is InChI=1S/C22H18FN3O2/c23-20-7-2-1-5-18(20)14-28-19-6-3-4-16(12-19)8-9-21(27)17-10-11-26-22(13-17)24-15-25-26/h1-7,10-13,15H,8-9,14H2. The largest absolute Gasteiger partial charge is 0.489 e. The number of rotatable bonds is 7. The van der Waals surface area contributed by atoms with E-state index in [1.54, 1.807) is 41.0 Å². The Kier molecular flexibility index (Phi) is 5.10. The van der Waals surface area contributed by atoms with Crippen LogP contribution in [0.15, 0.2) is 73.2 Å². The third kappa shape index (κ3) is 4.06. The third-order valence-corrected chi connectivity index (χ3v) is 4.49. The van der Waals surface area contributed by atoms with Crippen molar-refractivity contribution in [1.82, 2.24) is 14.6 Å². The number of benzene rings is 2. The van der Waals surface area contributed by atoms with Crippen molar-refractivity contribution in [3.63, 3.8) is 0 Å². The van der Waals surface area contributed by atoms with E-state index in [1.807, 2.05) is 24.3 Å². The summed E-state index contributed by atoms with van der Waals surface area (Å²) in [4.78, 5) is 16.6. The summed E-state index contributed by atoms with van der Waals surface area (Å²) in [6.45, 7) is 0.160. The Balaban J connectivity index is 1.37. The fourth-order valence-electron chi connectivity index (χ4n) is 2.96. The molecule has 0 spiro atoms. The average molecular weight is 375 g/mol. The van der Waals surface area contributed by atoms with E-state index in [4.69, 9.17) is 4.74 Å². The topological polar surface area (TPSA) is 56.5 Å². The number of ether oxygens (including phenoxy) is 1. The first-order valence-electron chi connectivity index (χ1n) is 8.97. The molecule has 0 unspecified atom stereocenters. The quantitative estimate of drug-likeness (QED) is 0.453. The number of Topliss-reactive ketones (excluding diaryl/α,β-unsaturated/α-hetero) is 1. The highest BCUT2D eigenvalue weighted by Crippen LogP contribution is 2.18. The molecule has 2 aromatic carbocycles. The van der Waals surface area contributed by atoms with Crippen molar-refractivity contribution in [3.05, 3.63) is 95.7 Å². The Bertz CT molecular complexity index is 1120. The van der Waals surface area contributed by atoms with Crippen molar-refractivity contribution in [1.29, 1.82) is 0 Å². The van der Waals surface area contributed by atoms with Crippen LogP contribution in [0, 0.1) is 5.82 Å². The van der Waals surface area contributed by atoms with Crippen molar-refractivity contribution in [2.75, 3.05) is 0 Å². The first-order valence-corrected chi connectivity index (χ1v) is 8.97. The fourth-order valence-corrected chi connectivity index (χ4v) is 2.96. The summed E-state index contributed by atoms with van der Waals surface area (Å²) in [5.74, 6) is 0.412. The highest BCUT2D eigenvalue weighted by Gasteiger charge is 2.09. The molecule has 2 aromatic heterocycles. The maximum atomic E-state index is 13.7. The number of aromatic nitrogens is 3. The molecular formula is C22H18FN3O2. The number of ketones is 1. The third-order valence-electron chi connectivity index (χ3n) is 4.49. The highest BCUT2D eigenvalue weighted by molar-refractivity contribution is 5.96. The van der Waals surface area contributed by atoms with Gasteiger partial charge in [0.2, 0.25) is 0 Å². The number of carbonyl (C=O) groups excluding carboxylic acids is 1. The van der Waals surface area contributed by atoms with Crippen molar-refractivity contribution >= 4 is 11.4 Å². The molecule has 0 saturated heterocycles. The van der Waals surface area contributed by atoms with Crippen molar-refractivity contribution in [2.24, 2.45) is 0 Å². The summed E-state index contributed by atoms with van der Waals surface area (Å²) in [5.41, 5.74) is 2.76. The number of hydrogen-bond acceptors (Lipinski definition) is 4. The molecule has 6 heteroatoms. The first-order chi connectivity index (χ1) is 13.7. The Morgan fingerprint density at radius 2 is 1.96 bits per heavy atom. The molecule has 0 radical (unpaired) electrons. The molecular weight excluding hydrogens is 357 g/mol. The predicted octanol–water partition coefficient (Wildman–Crippen LogP) is 4.26. The van der Waals surface area contributed by atoms with Crippen LogP contribution in [0.3, 0.4) is 0 Å². The van der Waals surface area contributed by atoms with Crippen LogP contribution in [0.25, 0.3) is 5.65 Å². The predicted molar refractivity (Wildman–Crippen MR) is 103 cm³/mol. The monoisotopic (exact) mass is 375 g/mol. The molecule has 4 rings (SSSR count). The van der Waals surface area contributed by atoms with E-state index in [-0.39, 0.29) is 18.2 Å². The van der Waals surface area contributed by atoms with Crippen molar-refractivity contribution in [2.45, 2.75) is 19.4 Å². The Labute approximate surface area is 161 Å². The minimum absolute atomic E-state index is 0.0446. The van der Waals surface area contributed by atoms with Crippen LogP contribution in [0.5, 0.6) is 5.75 Å². The summed E-state index contributed by atoms with van der Waals surface area (Å²) in [6, 6.07) is 17.6. The molecule has 2 heterocycles. The summed E-state index contributed by atoms with van der Waals surface area (Å²) < 4.78 is 21.0. The molecule has 0 N–H and O–H groups in total. The lowest BCUT2D eigenvalue weighted by molar-refractivity contribution is 0.0982. The van der Waals surface area contributed by atoms with E-state index in [1.165, 1.54) is 12.4 Å². The molecule has 0 aliphatic rings. The Hall–Kier alpha value is -3.54. The van der Waals surface area contributed by atoms with Crippen LogP contribution < -0.4 is 4.74 Å². The molecule has 0 fully saturated rings. The minimum Gasteiger partial charge on any atom is -0.489 e. The van der Waals surface area contributed by atoms with Gasteiger partial charge >= 0.3 is 0 Å². The van der Waals surface area contributed by atoms with Crippen LogP contribution in [-0.2, 0) is 13.0 Å². The Morgan fingerprint density at radius 3 is 2.86 bits per heavy atom. The van der Waals surface area contributed by atoms with E-state index in [0.29, 0.717) is 35.4 Å². The maximum absolute atomic E-state index is 13.7. The van der Waals surface area contributed by atoms with Gasteiger partial charge in [0.25, 0.3) is 0 Å². The molecule has 28 heavy (non-hydrogen) atoms. The van der Waals surface area contributed by atoms with Crippen LogP contribution in [0.1, 0.15) is 27.9 Å². The lowest BCUT2D eigenvalue weighted by Crippen LogP contribution is -2.03. The zero-order valence-corrected chi connectivity index (χ0v) is 15.1. The fraction of sp³-hybridized carbons (Fsp3) is 0.136. The Morgan fingerprint density at radius 1 is 1.07 bits per heavy atom. The van der Waals surface area contributed by atoms with Gasteiger partial charge in [-0.3, -0.25) is 4.79 Å². The van der Waals surface area contributed by atoms with Crippen molar-refractivity contribution < 1.29 is 13.9 Å². The zero-order chi connectivity index (χ0) is 19.3. The van der Waals surface area contributed by atoms with E-state index < -0.39 is 0 Å². The van der Waals surface area contributed by atoms with E-state index in [9.17, 15) is 9.18 Å². The van der Waals surface area contributed by atoms with Crippen LogP contribution in [0.4, 0.5) is 4.39 Å². The molecule has 0 amide bonds. The summed E-state index contributed by atoms with van der Waals surface area (Å²) in [6.07, 6.45) is 4.15. The lowest BCUT2D eigenvalue weighted by Gasteiger charge is -2.09. The maximum Gasteiger partial charge on any atom is 0.163 e. The summed E-state index contributed by atoms with van der Waals surface area (Å²) in [5, 5.41) is 4.02. The number of halogens is 1. The number of aryl methyl sites for hydroxylation is 1. The summed E-state index contributed by atoms with van der Waals surface area (Å²) in [7, 11) is 0. The smallest absolute Gasteiger partial charge is 0.163 e. The average Bonchev–Trinajstić information content (AvgIpc) is 3.19. The second-order valence-electron chi connectivity index (χ2n) is 6.43. The number of carbonyl (C=O) groups is 1. The number of nitrogens with zero attached hydrogens (tertiary/aromatic N) is 3. The molecule has 5 nitrogen and oxygen atoms in total. The van der Waals surface area contributed by atoms with Gasteiger partial charge in [-0.15, -0.1) is 0 Å². The second-order valence-corrected chi connectivity index (χ2v) is 6.43. The van der Waals surface area contributed by atoms with E-state index in [2.05, 4.69) is 10.1 Å². The molecule has 0 aliphatic heterocycles. The van der Waals surface area contributed by atoms with Gasteiger partial charge in [-0.1, -0.05) is 30.3 Å². The molecule has 140 valence electrons. The molecule has 4 aromatic rings. The SMILES string of the molecule is O=C(CCc1cccc(OCc2ccccc2F)c1)c1ccn2ncnc2c1. The summed E-state index contributed by atoms with van der Waals surface area (Å²) >= 11 is 0. The molecule has 0 atom stereocenters. The number of fused-ring (bicyclic) bond motifs is 1. The number of pyridine rings is 1. The second kappa shape index (κ2) is 8.00. The van der Waals surface area contributed by atoms with Crippen LogP contribution in [0.2, 0.25) is 0 Å². The highest BCUT2D eigenvalue weighted by atomic mass is 19.1. The molecule has 0 aliphatic carbocycles. The van der Waals surface area contributed by atoms with Crippen molar-refractivity contribution in [3.8, 4) is 5.75 Å². The minimum atomic E-state index is -0.283. The van der Waals surface area contributed by atoms with Crippen LogP contribution in [-0.4, -0.2) is 20.4 Å². The van der Waals surface area contributed by atoms with Gasteiger partial charge < -0.3 is 4.74 Å².